The normalized spacial score (nSPS) is 17.5. The van der Waals surface area contributed by atoms with Gasteiger partial charge < -0.3 is 33.5 Å². The summed E-state index contributed by atoms with van der Waals surface area (Å²) in [5.41, 5.74) is 1.97. The molecule has 0 bridgehead atoms. The van der Waals surface area contributed by atoms with Gasteiger partial charge in [0.15, 0.2) is 5.82 Å². The smallest absolute Gasteiger partial charge is 0.230 e. The second kappa shape index (κ2) is 17.0. The van der Waals surface area contributed by atoms with E-state index in [1.807, 2.05) is 30.3 Å². The Morgan fingerprint density at radius 2 is 1.22 bits per heavy atom. The van der Waals surface area contributed by atoms with E-state index in [2.05, 4.69) is 30.2 Å². The molecule has 3 rings (SSSR count). The van der Waals surface area contributed by atoms with E-state index in [1.165, 1.54) is 0 Å². The highest BCUT2D eigenvalue weighted by molar-refractivity contribution is 5.61. The molecule has 2 heterocycles. The zero-order valence-electron chi connectivity index (χ0n) is 22.3. The lowest BCUT2D eigenvalue weighted by Crippen LogP contribution is -2.34. The van der Waals surface area contributed by atoms with Crippen LogP contribution in [0.2, 0.25) is 0 Å². The maximum atomic E-state index is 5.83. The molecule has 10 heteroatoms. The summed E-state index contributed by atoms with van der Waals surface area (Å²) in [5.74, 6) is 1.89. The minimum absolute atomic E-state index is 0.510. The largest absolute Gasteiger partial charge is 0.377 e. The molecule has 0 aliphatic carbocycles. The average molecular weight is 516 g/mol. The van der Waals surface area contributed by atoms with Crippen molar-refractivity contribution < 1.29 is 23.7 Å². The summed E-state index contributed by atoms with van der Waals surface area (Å²) in [6, 6.07) is 8.05. The fourth-order valence-corrected chi connectivity index (χ4v) is 3.68. The van der Waals surface area contributed by atoms with E-state index in [9.17, 15) is 0 Å². The van der Waals surface area contributed by atoms with Crippen molar-refractivity contribution in [3.05, 3.63) is 36.4 Å². The van der Waals surface area contributed by atoms with Crippen LogP contribution in [0.4, 0.5) is 11.9 Å². The molecule has 0 unspecified atom stereocenters. The number of benzene rings is 1. The van der Waals surface area contributed by atoms with Crippen LogP contribution in [0.5, 0.6) is 0 Å². The predicted molar refractivity (Wildman–Crippen MR) is 145 cm³/mol. The van der Waals surface area contributed by atoms with E-state index in [0.29, 0.717) is 96.9 Å². The molecule has 0 amide bonds. The van der Waals surface area contributed by atoms with Crippen LogP contribution in [0.15, 0.2) is 30.8 Å². The number of anilines is 2. The highest BCUT2D eigenvalue weighted by Crippen LogP contribution is 2.22. The second-order valence-corrected chi connectivity index (χ2v) is 8.31. The van der Waals surface area contributed by atoms with Crippen molar-refractivity contribution >= 4 is 18.0 Å². The molecule has 1 fully saturated rings. The molecule has 1 aliphatic rings. The molecule has 0 N–H and O–H groups in total. The predicted octanol–water partition coefficient (Wildman–Crippen LogP) is 2.93. The standard InChI is InChI=1S/C27H41N5O5/c1-4-23-7-9-24(10-8-23)25-28-26(31(5-2)6-3)30-27(29-25)32-11-13-33-15-17-35-19-21-37-22-20-36-18-16-34-14-12-32/h4,7-10H,1,5-6,11-22H2,2-3H3. The third-order valence-electron chi connectivity index (χ3n) is 5.84. The summed E-state index contributed by atoms with van der Waals surface area (Å²) in [6.45, 7) is 16.1. The molecule has 1 aromatic carbocycles. The SMILES string of the molecule is C=Cc1ccc(-c2nc(N(CC)CC)nc(N3CCOCCOCCOCCOCCOCC3)n2)cc1. The number of ether oxygens (including phenoxy) is 5. The highest BCUT2D eigenvalue weighted by Gasteiger charge is 2.17. The fraction of sp³-hybridized carbons (Fsp3) is 0.593. The summed E-state index contributed by atoms with van der Waals surface area (Å²) in [7, 11) is 0. The van der Waals surface area contributed by atoms with Gasteiger partial charge >= 0.3 is 0 Å². The van der Waals surface area contributed by atoms with Crippen molar-refractivity contribution in [2.24, 2.45) is 0 Å². The van der Waals surface area contributed by atoms with E-state index in [1.54, 1.807) is 0 Å². The van der Waals surface area contributed by atoms with Gasteiger partial charge in [0.1, 0.15) is 0 Å². The molecule has 1 aromatic heterocycles. The zero-order chi connectivity index (χ0) is 26.1. The Bertz CT molecular complexity index is 893. The molecular weight excluding hydrogens is 474 g/mol. The number of aromatic nitrogens is 3. The van der Waals surface area contributed by atoms with Gasteiger partial charge in [-0.25, -0.2) is 0 Å². The summed E-state index contributed by atoms with van der Waals surface area (Å²) < 4.78 is 28.3. The van der Waals surface area contributed by atoms with Crippen LogP contribution in [0.1, 0.15) is 19.4 Å². The second-order valence-electron chi connectivity index (χ2n) is 8.31. The third kappa shape index (κ3) is 9.98. The molecule has 37 heavy (non-hydrogen) atoms. The molecule has 0 saturated carbocycles. The molecule has 204 valence electrons. The first-order valence-corrected chi connectivity index (χ1v) is 13.1. The maximum Gasteiger partial charge on any atom is 0.230 e. The van der Waals surface area contributed by atoms with Crippen LogP contribution in [0.25, 0.3) is 17.5 Å². The Labute approximate surface area is 220 Å². The minimum atomic E-state index is 0.510. The van der Waals surface area contributed by atoms with E-state index in [0.717, 1.165) is 24.2 Å². The Morgan fingerprint density at radius 1 is 0.730 bits per heavy atom. The average Bonchev–Trinajstić information content (AvgIpc) is 2.93. The minimum Gasteiger partial charge on any atom is -0.377 e. The van der Waals surface area contributed by atoms with Crippen molar-refractivity contribution in [3.63, 3.8) is 0 Å². The number of hydrogen-bond acceptors (Lipinski definition) is 10. The molecule has 0 atom stereocenters. The van der Waals surface area contributed by atoms with Crippen LogP contribution in [-0.4, -0.2) is 107 Å². The Kier molecular flexibility index (Phi) is 13.3. The number of nitrogens with zero attached hydrogens (tertiary/aromatic N) is 5. The molecular formula is C27H41N5O5. The Balaban J connectivity index is 1.80. The molecule has 1 saturated heterocycles. The fourth-order valence-electron chi connectivity index (χ4n) is 3.68. The topological polar surface area (TPSA) is 91.3 Å². The Morgan fingerprint density at radius 3 is 1.68 bits per heavy atom. The first-order chi connectivity index (χ1) is 18.2. The van der Waals surface area contributed by atoms with Gasteiger partial charge in [-0.05, 0) is 19.4 Å². The van der Waals surface area contributed by atoms with Gasteiger partial charge in [-0.2, -0.15) is 15.0 Å². The lowest BCUT2D eigenvalue weighted by atomic mass is 10.1. The molecule has 2 aromatic rings. The first kappa shape index (κ1) is 28.9. The van der Waals surface area contributed by atoms with E-state index >= 15 is 0 Å². The molecule has 1 aliphatic heterocycles. The van der Waals surface area contributed by atoms with Crippen molar-refractivity contribution in [1.82, 2.24) is 15.0 Å². The lowest BCUT2D eigenvalue weighted by molar-refractivity contribution is -0.0116. The van der Waals surface area contributed by atoms with Crippen LogP contribution in [-0.2, 0) is 23.7 Å². The monoisotopic (exact) mass is 515 g/mol. The van der Waals surface area contributed by atoms with Gasteiger partial charge in [0, 0.05) is 31.7 Å². The van der Waals surface area contributed by atoms with Gasteiger partial charge in [0.05, 0.1) is 66.1 Å². The maximum absolute atomic E-state index is 5.83. The van der Waals surface area contributed by atoms with Gasteiger partial charge in [-0.15, -0.1) is 0 Å². The van der Waals surface area contributed by atoms with Crippen LogP contribution in [0.3, 0.4) is 0 Å². The van der Waals surface area contributed by atoms with Crippen molar-refractivity contribution in [1.29, 1.82) is 0 Å². The zero-order valence-corrected chi connectivity index (χ0v) is 22.3. The third-order valence-corrected chi connectivity index (χ3v) is 5.84. The van der Waals surface area contributed by atoms with E-state index in [4.69, 9.17) is 38.6 Å². The van der Waals surface area contributed by atoms with Gasteiger partial charge in [-0.1, -0.05) is 36.9 Å². The molecule has 0 radical (unpaired) electrons. The van der Waals surface area contributed by atoms with Gasteiger partial charge in [-0.3, -0.25) is 0 Å². The molecule has 0 spiro atoms. The van der Waals surface area contributed by atoms with Crippen LogP contribution < -0.4 is 9.80 Å². The van der Waals surface area contributed by atoms with Gasteiger partial charge in [0.25, 0.3) is 0 Å². The summed E-state index contributed by atoms with van der Waals surface area (Å²) in [5, 5.41) is 0. The summed E-state index contributed by atoms with van der Waals surface area (Å²) >= 11 is 0. The molecule has 10 nitrogen and oxygen atoms in total. The van der Waals surface area contributed by atoms with Crippen molar-refractivity contribution in [3.8, 4) is 11.4 Å². The number of hydrogen-bond donors (Lipinski definition) is 0. The van der Waals surface area contributed by atoms with E-state index in [-0.39, 0.29) is 0 Å². The first-order valence-electron chi connectivity index (χ1n) is 13.1. The quantitative estimate of drug-likeness (QED) is 0.572. The van der Waals surface area contributed by atoms with Crippen molar-refractivity contribution in [2.45, 2.75) is 13.8 Å². The van der Waals surface area contributed by atoms with Gasteiger partial charge in [0.2, 0.25) is 11.9 Å². The Hall–Kier alpha value is -2.63. The lowest BCUT2D eigenvalue weighted by Gasteiger charge is -2.25. The number of rotatable bonds is 6. The van der Waals surface area contributed by atoms with Crippen LogP contribution >= 0.6 is 0 Å². The van der Waals surface area contributed by atoms with Crippen molar-refractivity contribution in [2.75, 3.05) is 102 Å². The van der Waals surface area contributed by atoms with E-state index < -0.39 is 0 Å². The summed E-state index contributed by atoms with van der Waals surface area (Å²) in [4.78, 5) is 18.7. The van der Waals surface area contributed by atoms with Crippen LogP contribution in [0, 0.1) is 0 Å². The summed E-state index contributed by atoms with van der Waals surface area (Å²) in [6.07, 6.45) is 1.82. The highest BCUT2D eigenvalue weighted by atomic mass is 16.6.